The number of rotatable bonds is 4. The third-order valence-electron chi connectivity index (χ3n) is 3.98. The molecule has 10 nitrogen and oxygen atoms in total. The molecule has 2 aliphatic heterocycles. The summed E-state index contributed by atoms with van der Waals surface area (Å²) in [6, 6.07) is 0. The lowest BCUT2D eigenvalue weighted by molar-refractivity contribution is -0.351. The van der Waals surface area contributed by atoms with E-state index in [9.17, 15) is 35.7 Å². The second-order valence-corrected chi connectivity index (χ2v) is 5.89. The minimum atomic E-state index is -1.71. The molecular formula is C12H22O10S. The molecule has 2 fully saturated rings. The Balaban J connectivity index is 2.11. The van der Waals surface area contributed by atoms with Crippen LogP contribution in [-0.4, -0.2) is 110 Å². The Morgan fingerprint density at radius 3 is 2.00 bits per heavy atom. The van der Waals surface area contributed by atoms with Gasteiger partial charge in [-0.15, -0.1) is 0 Å². The Morgan fingerprint density at radius 2 is 1.43 bits per heavy atom. The van der Waals surface area contributed by atoms with Crippen molar-refractivity contribution in [2.45, 2.75) is 61.4 Å². The van der Waals surface area contributed by atoms with Gasteiger partial charge in [0.25, 0.3) is 0 Å². The average molecular weight is 358 g/mol. The molecule has 0 aromatic rings. The molecule has 10 atom stereocenters. The van der Waals surface area contributed by atoms with Crippen LogP contribution in [0.2, 0.25) is 0 Å². The standard InChI is InChI=1S/C12H22O10S/c13-1-3-10(7(16)8(17)11(19)20-3)22-12-9(18)6(15)5(14)4(2-23)21-12/h3-19,23H,1-2H2/t3?,4?,5-,6?,7+,8?,9-,10+,11?,12-/m0/s1. The number of hydrogen-bond donors (Lipinski definition) is 8. The Kier molecular flexibility index (Phi) is 6.61. The van der Waals surface area contributed by atoms with Crippen LogP contribution in [0, 0.1) is 0 Å². The van der Waals surface area contributed by atoms with Gasteiger partial charge in [0.05, 0.1) is 12.7 Å². The van der Waals surface area contributed by atoms with Crippen molar-refractivity contribution in [3.05, 3.63) is 0 Å². The zero-order valence-corrected chi connectivity index (χ0v) is 12.9. The molecule has 0 aromatic heterocycles. The monoisotopic (exact) mass is 358 g/mol. The minimum Gasteiger partial charge on any atom is -0.394 e. The Labute approximate surface area is 137 Å². The number of aliphatic hydroxyl groups is 7. The second-order valence-electron chi connectivity index (χ2n) is 5.53. The van der Waals surface area contributed by atoms with Crippen molar-refractivity contribution in [1.82, 2.24) is 0 Å². The van der Waals surface area contributed by atoms with Crippen molar-refractivity contribution in [1.29, 1.82) is 0 Å². The molecule has 0 bridgehead atoms. The van der Waals surface area contributed by atoms with Crippen LogP contribution >= 0.6 is 12.6 Å². The molecule has 0 aromatic carbocycles. The van der Waals surface area contributed by atoms with Crippen LogP contribution < -0.4 is 0 Å². The summed E-state index contributed by atoms with van der Waals surface area (Å²) in [5.74, 6) is 0.0271. The van der Waals surface area contributed by atoms with Crippen LogP contribution in [0.15, 0.2) is 0 Å². The lowest BCUT2D eigenvalue weighted by Gasteiger charge is -2.45. The van der Waals surface area contributed by atoms with Gasteiger partial charge in [-0.2, -0.15) is 12.6 Å². The predicted octanol–water partition coefficient (Wildman–Crippen LogP) is -4.46. The summed E-state index contributed by atoms with van der Waals surface area (Å²) >= 11 is 3.96. The molecule has 0 saturated carbocycles. The molecule has 5 unspecified atom stereocenters. The third kappa shape index (κ3) is 3.80. The van der Waals surface area contributed by atoms with E-state index in [1.165, 1.54) is 0 Å². The maximum atomic E-state index is 9.98. The molecule has 0 amide bonds. The lowest BCUT2D eigenvalue weighted by atomic mass is 9.97. The van der Waals surface area contributed by atoms with Gasteiger partial charge in [0.1, 0.15) is 42.7 Å². The number of thiol groups is 1. The number of aliphatic hydroxyl groups excluding tert-OH is 7. The SMILES string of the molecule is OCC1OC(O)C(O)[C@@H](O)[C@@H]1O[C@@H]1OC(CS)[C@H](O)C(O)[C@@H]1O. The number of hydrogen-bond acceptors (Lipinski definition) is 11. The first-order valence-corrected chi connectivity index (χ1v) is 7.71. The van der Waals surface area contributed by atoms with Gasteiger partial charge in [0.15, 0.2) is 12.6 Å². The summed E-state index contributed by atoms with van der Waals surface area (Å²) < 4.78 is 15.5. The fraction of sp³-hybridized carbons (Fsp3) is 1.00. The molecule has 2 heterocycles. The molecule has 0 spiro atoms. The van der Waals surface area contributed by atoms with Crippen LogP contribution in [0.25, 0.3) is 0 Å². The van der Waals surface area contributed by atoms with E-state index in [1.54, 1.807) is 0 Å². The van der Waals surface area contributed by atoms with Gasteiger partial charge in [0.2, 0.25) is 0 Å². The highest BCUT2D eigenvalue weighted by Crippen LogP contribution is 2.28. The molecule has 2 saturated heterocycles. The van der Waals surface area contributed by atoms with Crippen molar-refractivity contribution < 1.29 is 50.0 Å². The first-order chi connectivity index (χ1) is 10.8. The Morgan fingerprint density at radius 1 is 0.783 bits per heavy atom. The third-order valence-corrected chi connectivity index (χ3v) is 4.34. The van der Waals surface area contributed by atoms with E-state index in [-0.39, 0.29) is 5.75 Å². The molecule has 7 N–H and O–H groups in total. The molecule has 2 aliphatic rings. The molecule has 23 heavy (non-hydrogen) atoms. The van der Waals surface area contributed by atoms with Crippen molar-refractivity contribution in [2.24, 2.45) is 0 Å². The first kappa shape index (κ1) is 19.3. The first-order valence-electron chi connectivity index (χ1n) is 7.08. The van der Waals surface area contributed by atoms with Gasteiger partial charge >= 0.3 is 0 Å². The molecular weight excluding hydrogens is 336 g/mol. The number of ether oxygens (including phenoxy) is 3. The molecule has 2 rings (SSSR count). The van der Waals surface area contributed by atoms with E-state index in [4.69, 9.17) is 14.2 Å². The van der Waals surface area contributed by atoms with E-state index in [2.05, 4.69) is 12.6 Å². The minimum absolute atomic E-state index is 0.0271. The predicted molar refractivity (Wildman–Crippen MR) is 75.4 cm³/mol. The summed E-state index contributed by atoms with van der Waals surface area (Å²) in [5, 5.41) is 67.7. The molecule has 136 valence electrons. The summed E-state index contributed by atoms with van der Waals surface area (Å²) in [4.78, 5) is 0. The summed E-state index contributed by atoms with van der Waals surface area (Å²) in [5.41, 5.74) is 0. The zero-order valence-electron chi connectivity index (χ0n) is 12.0. The maximum Gasteiger partial charge on any atom is 0.187 e. The summed E-state index contributed by atoms with van der Waals surface area (Å²) in [6.07, 6.45) is -14.6. The van der Waals surface area contributed by atoms with Crippen molar-refractivity contribution in [2.75, 3.05) is 12.4 Å². The zero-order chi connectivity index (χ0) is 17.3. The van der Waals surface area contributed by atoms with Crippen LogP contribution in [0.3, 0.4) is 0 Å². The highest BCUT2D eigenvalue weighted by molar-refractivity contribution is 7.80. The van der Waals surface area contributed by atoms with Gasteiger partial charge < -0.3 is 50.0 Å². The highest BCUT2D eigenvalue weighted by Gasteiger charge is 2.49. The van der Waals surface area contributed by atoms with Crippen molar-refractivity contribution in [3.8, 4) is 0 Å². The summed E-state index contributed by atoms with van der Waals surface area (Å²) in [6.45, 7) is -0.643. The van der Waals surface area contributed by atoms with E-state index in [0.717, 1.165) is 0 Å². The van der Waals surface area contributed by atoms with Gasteiger partial charge in [-0.1, -0.05) is 0 Å². The van der Waals surface area contributed by atoms with Crippen LogP contribution in [-0.2, 0) is 14.2 Å². The summed E-state index contributed by atoms with van der Waals surface area (Å²) in [7, 11) is 0. The van der Waals surface area contributed by atoms with Gasteiger partial charge in [-0.25, -0.2) is 0 Å². The smallest absolute Gasteiger partial charge is 0.187 e. The lowest BCUT2D eigenvalue weighted by Crippen LogP contribution is -2.64. The quantitative estimate of drug-likeness (QED) is 0.229. The normalized spacial score (nSPS) is 51.7. The van der Waals surface area contributed by atoms with Gasteiger partial charge in [-0.3, -0.25) is 0 Å². The Hall–Kier alpha value is -0.0500. The van der Waals surface area contributed by atoms with Crippen molar-refractivity contribution >= 4 is 12.6 Å². The van der Waals surface area contributed by atoms with Gasteiger partial charge in [0, 0.05) is 5.75 Å². The van der Waals surface area contributed by atoms with Crippen LogP contribution in [0.1, 0.15) is 0 Å². The highest BCUT2D eigenvalue weighted by atomic mass is 32.1. The van der Waals surface area contributed by atoms with E-state index in [1.807, 2.05) is 0 Å². The molecule has 0 radical (unpaired) electrons. The van der Waals surface area contributed by atoms with Crippen LogP contribution in [0.5, 0.6) is 0 Å². The topological polar surface area (TPSA) is 169 Å². The molecule has 0 aliphatic carbocycles. The van der Waals surface area contributed by atoms with Gasteiger partial charge in [-0.05, 0) is 0 Å². The van der Waals surface area contributed by atoms with E-state index < -0.39 is 68.0 Å². The molecule has 11 heteroatoms. The fourth-order valence-corrected chi connectivity index (χ4v) is 2.87. The average Bonchev–Trinajstić information content (AvgIpc) is 2.55. The van der Waals surface area contributed by atoms with Crippen molar-refractivity contribution in [3.63, 3.8) is 0 Å². The Bertz CT molecular complexity index is 383. The van der Waals surface area contributed by atoms with Crippen LogP contribution in [0.4, 0.5) is 0 Å². The largest absolute Gasteiger partial charge is 0.394 e. The second kappa shape index (κ2) is 7.89. The van der Waals surface area contributed by atoms with E-state index >= 15 is 0 Å². The van der Waals surface area contributed by atoms with E-state index in [0.29, 0.717) is 0 Å². The maximum absolute atomic E-state index is 9.98. The fourth-order valence-electron chi connectivity index (χ4n) is 2.57.